The van der Waals surface area contributed by atoms with Gasteiger partial charge in [-0.3, -0.25) is 0 Å². The van der Waals surface area contributed by atoms with E-state index in [1.54, 1.807) is 0 Å². The van der Waals surface area contributed by atoms with E-state index in [2.05, 4.69) is 52.6 Å². The van der Waals surface area contributed by atoms with E-state index in [9.17, 15) is 0 Å². The third-order valence-electron chi connectivity index (χ3n) is 3.95. The van der Waals surface area contributed by atoms with Crippen LogP contribution in [0.15, 0.2) is 0 Å². The van der Waals surface area contributed by atoms with Gasteiger partial charge in [-0.15, -0.1) is 0 Å². The molecule has 2 heteroatoms. The molecule has 0 aromatic heterocycles. The van der Waals surface area contributed by atoms with E-state index in [0.29, 0.717) is 8.65 Å². The summed E-state index contributed by atoms with van der Waals surface area (Å²) in [4.78, 5) is 0. The van der Waals surface area contributed by atoms with Crippen molar-refractivity contribution in [3.63, 3.8) is 0 Å². The lowest BCUT2D eigenvalue weighted by Gasteiger charge is -2.33. The Balaban J connectivity index is 2.01. The molecule has 2 fully saturated rings. The minimum Gasteiger partial charge on any atom is -0.0721 e. The standard InChI is InChI=1S/C11H18Br2/c1-10(2,3)7-4-5-8-9(6-7)11(8,12)13/h7-9H,4-6H2,1-3H3/t7-,8-,9-/m1/s1. The Morgan fingerprint density at radius 1 is 1.08 bits per heavy atom. The summed E-state index contributed by atoms with van der Waals surface area (Å²) in [6.45, 7) is 7.14. The lowest BCUT2D eigenvalue weighted by molar-refractivity contribution is 0.173. The largest absolute Gasteiger partial charge is 0.0868 e. The summed E-state index contributed by atoms with van der Waals surface area (Å²) in [5.41, 5.74) is 0.504. The second kappa shape index (κ2) is 2.98. The van der Waals surface area contributed by atoms with Crippen LogP contribution in [0.1, 0.15) is 40.0 Å². The Kier molecular flexibility index (Phi) is 2.40. The fourth-order valence-corrected chi connectivity index (χ4v) is 4.61. The predicted octanol–water partition coefficient (Wildman–Crippen LogP) is 4.56. The van der Waals surface area contributed by atoms with Crippen LogP contribution in [-0.2, 0) is 0 Å². The monoisotopic (exact) mass is 308 g/mol. The van der Waals surface area contributed by atoms with Crippen LogP contribution in [0, 0.1) is 23.2 Å². The van der Waals surface area contributed by atoms with Crippen LogP contribution in [0.25, 0.3) is 0 Å². The first kappa shape index (κ1) is 10.5. The van der Waals surface area contributed by atoms with E-state index >= 15 is 0 Å². The molecule has 0 radical (unpaired) electrons. The van der Waals surface area contributed by atoms with Gasteiger partial charge in [0.15, 0.2) is 0 Å². The average Bonchev–Trinajstić information content (AvgIpc) is 2.53. The summed E-state index contributed by atoms with van der Waals surface area (Å²) in [5, 5.41) is 0. The molecule has 0 aliphatic heterocycles. The molecule has 13 heavy (non-hydrogen) atoms. The molecule has 76 valence electrons. The van der Waals surface area contributed by atoms with Crippen molar-refractivity contribution in [2.45, 2.75) is 43.3 Å². The number of fused-ring (bicyclic) bond motifs is 1. The van der Waals surface area contributed by atoms with Crippen molar-refractivity contribution in [2.75, 3.05) is 0 Å². The van der Waals surface area contributed by atoms with Crippen LogP contribution in [0.2, 0.25) is 0 Å². The summed E-state index contributed by atoms with van der Waals surface area (Å²) < 4.78 is 0.319. The molecule has 0 unspecified atom stereocenters. The fourth-order valence-electron chi connectivity index (χ4n) is 2.77. The number of alkyl halides is 2. The fraction of sp³-hybridized carbons (Fsp3) is 1.00. The first-order valence-corrected chi connectivity index (χ1v) is 6.80. The van der Waals surface area contributed by atoms with Gasteiger partial charge in [-0.1, -0.05) is 52.6 Å². The van der Waals surface area contributed by atoms with Crippen molar-refractivity contribution in [2.24, 2.45) is 23.2 Å². The van der Waals surface area contributed by atoms with E-state index < -0.39 is 0 Å². The Bertz CT molecular complexity index is 215. The molecule has 2 rings (SSSR count). The van der Waals surface area contributed by atoms with Crippen molar-refractivity contribution in [3.05, 3.63) is 0 Å². The highest BCUT2D eigenvalue weighted by Gasteiger charge is 2.63. The molecular weight excluding hydrogens is 292 g/mol. The van der Waals surface area contributed by atoms with Gasteiger partial charge in [0.25, 0.3) is 0 Å². The molecule has 0 N–H and O–H groups in total. The maximum atomic E-state index is 3.79. The first-order chi connectivity index (χ1) is 5.83. The van der Waals surface area contributed by atoms with Gasteiger partial charge in [0, 0.05) is 0 Å². The lowest BCUT2D eigenvalue weighted by atomic mass is 9.72. The van der Waals surface area contributed by atoms with Crippen LogP contribution < -0.4 is 0 Å². The second-order valence-corrected chi connectivity index (χ2v) is 9.45. The van der Waals surface area contributed by atoms with E-state index in [1.165, 1.54) is 19.3 Å². The minimum atomic E-state index is 0.319. The van der Waals surface area contributed by atoms with Crippen LogP contribution >= 0.6 is 31.9 Å². The molecule has 2 aliphatic rings. The van der Waals surface area contributed by atoms with Gasteiger partial charge in [0.05, 0.1) is 3.23 Å². The number of hydrogen-bond acceptors (Lipinski definition) is 0. The van der Waals surface area contributed by atoms with Gasteiger partial charge in [-0.25, -0.2) is 0 Å². The molecule has 2 aliphatic carbocycles. The molecular formula is C11H18Br2. The van der Waals surface area contributed by atoms with Crippen molar-refractivity contribution in [1.82, 2.24) is 0 Å². The van der Waals surface area contributed by atoms with E-state index in [0.717, 1.165) is 17.8 Å². The van der Waals surface area contributed by atoms with Crippen molar-refractivity contribution >= 4 is 31.9 Å². The Morgan fingerprint density at radius 3 is 2.15 bits per heavy atom. The highest BCUT2D eigenvalue weighted by molar-refractivity contribution is 9.25. The van der Waals surface area contributed by atoms with Crippen molar-refractivity contribution < 1.29 is 0 Å². The Morgan fingerprint density at radius 2 is 1.69 bits per heavy atom. The summed E-state index contributed by atoms with van der Waals surface area (Å²) in [6.07, 6.45) is 4.23. The zero-order valence-electron chi connectivity index (χ0n) is 8.61. The summed E-state index contributed by atoms with van der Waals surface area (Å²) in [5.74, 6) is 2.72. The van der Waals surface area contributed by atoms with Gasteiger partial charge in [0.1, 0.15) is 0 Å². The maximum Gasteiger partial charge on any atom is 0.0868 e. The summed E-state index contributed by atoms with van der Waals surface area (Å²) in [7, 11) is 0. The van der Waals surface area contributed by atoms with E-state index in [-0.39, 0.29) is 0 Å². The number of halogens is 2. The van der Waals surface area contributed by atoms with Crippen LogP contribution in [0.5, 0.6) is 0 Å². The molecule has 0 saturated heterocycles. The quantitative estimate of drug-likeness (QED) is 0.575. The number of hydrogen-bond donors (Lipinski definition) is 0. The van der Waals surface area contributed by atoms with Crippen LogP contribution in [0.4, 0.5) is 0 Å². The molecule has 0 aromatic carbocycles. The van der Waals surface area contributed by atoms with Gasteiger partial charge in [0.2, 0.25) is 0 Å². The molecule has 2 saturated carbocycles. The summed E-state index contributed by atoms with van der Waals surface area (Å²) >= 11 is 7.58. The zero-order valence-corrected chi connectivity index (χ0v) is 11.8. The number of rotatable bonds is 0. The van der Waals surface area contributed by atoms with Gasteiger partial charge in [-0.2, -0.15) is 0 Å². The molecule has 0 spiro atoms. The zero-order chi connectivity index (χ0) is 9.85. The molecule has 0 heterocycles. The average molecular weight is 310 g/mol. The van der Waals surface area contributed by atoms with Gasteiger partial charge >= 0.3 is 0 Å². The third-order valence-corrected chi connectivity index (χ3v) is 6.31. The first-order valence-electron chi connectivity index (χ1n) is 5.21. The second-order valence-electron chi connectivity index (χ2n) is 5.76. The third kappa shape index (κ3) is 1.73. The van der Waals surface area contributed by atoms with E-state index in [4.69, 9.17) is 0 Å². The topological polar surface area (TPSA) is 0 Å². The molecule has 0 nitrogen and oxygen atoms in total. The molecule has 0 bridgehead atoms. The highest BCUT2D eigenvalue weighted by atomic mass is 79.9. The molecule has 3 atom stereocenters. The van der Waals surface area contributed by atoms with Crippen LogP contribution in [-0.4, -0.2) is 3.23 Å². The van der Waals surface area contributed by atoms with Crippen LogP contribution in [0.3, 0.4) is 0 Å². The minimum absolute atomic E-state index is 0.319. The predicted molar refractivity (Wildman–Crippen MR) is 64.4 cm³/mol. The van der Waals surface area contributed by atoms with Crippen molar-refractivity contribution in [3.8, 4) is 0 Å². The summed E-state index contributed by atoms with van der Waals surface area (Å²) in [6, 6.07) is 0. The highest BCUT2D eigenvalue weighted by Crippen LogP contribution is 2.69. The molecule has 0 amide bonds. The SMILES string of the molecule is CC(C)(C)[C@@H]1CC[C@@H]2[C@@H](C1)C2(Br)Br. The van der Waals surface area contributed by atoms with Gasteiger partial charge < -0.3 is 0 Å². The maximum absolute atomic E-state index is 3.79. The van der Waals surface area contributed by atoms with Crippen molar-refractivity contribution in [1.29, 1.82) is 0 Å². The molecule has 0 aromatic rings. The Hall–Kier alpha value is 0.960. The normalized spacial score (nSPS) is 42.7. The van der Waals surface area contributed by atoms with Gasteiger partial charge in [-0.05, 0) is 42.4 Å². The smallest absolute Gasteiger partial charge is 0.0721 e. The van der Waals surface area contributed by atoms with E-state index in [1.807, 2.05) is 0 Å². The Labute approximate surface area is 98.1 Å². The lowest BCUT2D eigenvalue weighted by Crippen LogP contribution is -2.23.